The van der Waals surface area contributed by atoms with Gasteiger partial charge in [0, 0.05) is 5.92 Å². The quantitative estimate of drug-likeness (QED) is 0.336. The second-order valence-electron chi connectivity index (χ2n) is 10.0. The fourth-order valence-electron chi connectivity index (χ4n) is 4.98. The van der Waals surface area contributed by atoms with Gasteiger partial charge in [0.1, 0.15) is 18.8 Å². The fourth-order valence-corrected chi connectivity index (χ4v) is 4.98. The number of rotatable bonds is 10. The third kappa shape index (κ3) is 6.46. The molecule has 0 saturated heterocycles. The van der Waals surface area contributed by atoms with Gasteiger partial charge in [-0.1, -0.05) is 92.7 Å². The van der Waals surface area contributed by atoms with Crippen LogP contribution in [0.4, 0.5) is 4.79 Å². The van der Waals surface area contributed by atoms with Gasteiger partial charge >= 0.3 is 12.1 Å². The van der Waals surface area contributed by atoms with E-state index in [4.69, 9.17) is 9.47 Å². The van der Waals surface area contributed by atoms with Crippen molar-refractivity contribution in [2.45, 2.75) is 44.4 Å². The Kier molecular flexibility index (Phi) is 8.99. The maximum absolute atomic E-state index is 13.3. The van der Waals surface area contributed by atoms with Crippen LogP contribution in [0.25, 0.3) is 11.1 Å². The highest BCUT2D eigenvalue weighted by Gasteiger charge is 2.34. The van der Waals surface area contributed by atoms with E-state index in [1.54, 1.807) is 30.3 Å². The first-order valence-corrected chi connectivity index (χ1v) is 13.0. The van der Waals surface area contributed by atoms with Crippen molar-refractivity contribution in [3.05, 3.63) is 95.6 Å². The third-order valence-corrected chi connectivity index (χ3v) is 6.87. The molecule has 4 rings (SSSR count). The summed E-state index contributed by atoms with van der Waals surface area (Å²) in [4.78, 5) is 38.6. The molecule has 3 atom stereocenters. The first-order valence-electron chi connectivity index (χ1n) is 13.0. The molecule has 0 heterocycles. The molecule has 0 fully saturated rings. The third-order valence-electron chi connectivity index (χ3n) is 6.87. The normalized spacial score (nSPS) is 14.5. The van der Waals surface area contributed by atoms with Gasteiger partial charge in [-0.05, 0) is 40.2 Å². The summed E-state index contributed by atoms with van der Waals surface area (Å²) >= 11 is 0. The lowest BCUT2D eigenvalue weighted by molar-refractivity contribution is -0.148. The lowest BCUT2D eigenvalue weighted by Crippen LogP contribution is -2.54. The molecular formula is C31H34N2O6. The number of benzene rings is 3. The molecule has 39 heavy (non-hydrogen) atoms. The number of methoxy groups -OCH3 is 1. The van der Waals surface area contributed by atoms with Crippen LogP contribution in [0.1, 0.15) is 49.0 Å². The first kappa shape index (κ1) is 27.9. The van der Waals surface area contributed by atoms with Gasteiger partial charge in [0.25, 0.3) is 0 Å². The summed E-state index contributed by atoms with van der Waals surface area (Å²) in [6.07, 6.45) is -1.78. The molecule has 0 aliphatic heterocycles. The molecule has 0 spiro atoms. The van der Waals surface area contributed by atoms with Crippen LogP contribution in [-0.2, 0) is 19.1 Å². The molecular weight excluding hydrogens is 496 g/mol. The van der Waals surface area contributed by atoms with Crippen molar-refractivity contribution in [1.82, 2.24) is 10.6 Å². The van der Waals surface area contributed by atoms with E-state index in [1.165, 1.54) is 7.11 Å². The molecule has 3 aromatic rings. The second kappa shape index (κ2) is 12.6. The Bertz CT molecular complexity index is 1260. The summed E-state index contributed by atoms with van der Waals surface area (Å²) in [7, 11) is 1.18. The molecule has 204 valence electrons. The van der Waals surface area contributed by atoms with Gasteiger partial charge in [-0.3, -0.25) is 4.79 Å². The van der Waals surface area contributed by atoms with Crippen molar-refractivity contribution in [3.8, 4) is 11.1 Å². The van der Waals surface area contributed by atoms with Crippen molar-refractivity contribution in [2.75, 3.05) is 13.7 Å². The molecule has 8 nitrogen and oxygen atoms in total. The van der Waals surface area contributed by atoms with Crippen LogP contribution in [-0.4, -0.2) is 48.9 Å². The number of alkyl carbamates (subject to hydrolysis) is 1. The zero-order chi connectivity index (χ0) is 27.9. The Morgan fingerprint density at radius 2 is 1.41 bits per heavy atom. The maximum atomic E-state index is 13.3. The topological polar surface area (TPSA) is 114 Å². The predicted molar refractivity (Wildman–Crippen MR) is 147 cm³/mol. The Balaban J connectivity index is 1.44. The van der Waals surface area contributed by atoms with Gasteiger partial charge in [-0.15, -0.1) is 0 Å². The summed E-state index contributed by atoms with van der Waals surface area (Å²) in [5.41, 5.74) is 4.84. The number of fused-ring (bicyclic) bond motifs is 3. The number of carbonyl (C=O) groups is 3. The molecule has 1 aliphatic rings. The molecule has 3 N–H and O–H groups in total. The SMILES string of the molecule is COC(=O)[C@@H](NC(=O)[C@H](CC(C)C)NC(=O)OCC1c2ccccc2-c2ccccc21)[C@H](O)c1ccccc1. The van der Waals surface area contributed by atoms with Gasteiger partial charge < -0.3 is 25.2 Å². The van der Waals surface area contributed by atoms with Crippen molar-refractivity contribution >= 4 is 18.0 Å². The highest BCUT2D eigenvalue weighted by Crippen LogP contribution is 2.44. The molecule has 0 unspecified atom stereocenters. The number of esters is 1. The first-order chi connectivity index (χ1) is 18.8. The summed E-state index contributed by atoms with van der Waals surface area (Å²) < 4.78 is 10.4. The lowest BCUT2D eigenvalue weighted by Gasteiger charge is -2.26. The van der Waals surface area contributed by atoms with Gasteiger partial charge in [-0.2, -0.15) is 0 Å². The summed E-state index contributed by atoms with van der Waals surface area (Å²) in [6, 6.07) is 22.2. The van der Waals surface area contributed by atoms with Crippen molar-refractivity contribution in [1.29, 1.82) is 0 Å². The minimum Gasteiger partial charge on any atom is -0.467 e. The molecule has 0 saturated carbocycles. The van der Waals surface area contributed by atoms with E-state index in [-0.39, 0.29) is 18.4 Å². The Hall–Kier alpha value is -4.17. The van der Waals surface area contributed by atoms with Gasteiger partial charge in [0.05, 0.1) is 7.11 Å². The summed E-state index contributed by atoms with van der Waals surface area (Å²) in [6.45, 7) is 3.93. The average Bonchev–Trinajstić information content (AvgIpc) is 3.27. The zero-order valence-electron chi connectivity index (χ0n) is 22.3. The Morgan fingerprint density at radius 3 is 1.97 bits per heavy atom. The molecule has 8 heteroatoms. The highest BCUT2D eigenvalue weighted by molar-refractivity contribution is 5.90. The van der Waals surface area contributed by atoms with E-state index >= 15 is 0 Å². The van der Waals surface area contributed by atoms with Gasteiger partial charge in [0.15, 0.2) is 6.04 Å². The number of hydrogen-bond acceptors (Lipinski definition) is 6. The lowest BCUT2D eigenvalue weighted by atomic mass is 9.98. The van der Waals surface area contributed by atoms with E-state index in [0.717, 1.165) is 22.3 Å². The van der Waals surface area contributed by atoms with E-state index in [9.17, 15) is 19.5 Å². The standard InChI is InChI=1S/C31H34N2O6/c1-19(2)17-26(29(35)33-27(30(36)38-3)28(34)20-11-5-4-6-12-20)32-31(37)39-18-25-23-15-9-7-13-21(23)22-14-8-10-16-24(22)25/h4-16,19,25-28,34H,17-18H2,1-3H3,(H,32,37)(H,33,35)/t26-,27-,28+/m0/s1. The van der Waals surface area contributed by atoms with Crippen LogP contribution >= 0.6 is 0 Å². The second-order valence-corrected chi connectivity index (χ2v) is 10.0. The van der Waals surface area contributed by atoms with Crippen LogP contribution in [0.2, 0.25) is 0 Å². The molecule has 3 aromatic carbocycles. The smallest absolute Gasteiger partial charge is 0.407 e. The monoisotopic (exact) mass is 530 g/mol. The van der Waals surface area contributed by atoms with Crippen LogP contribution in [0.15, 0.2) is 78.9 Å². The molecule has 0 radical (unpaired) electrons. The minimum absolute atomic E-state index is 0.0465. The number of hydrogen-bond donors (Lipinski definition) is 3. The number of amides is 2. The number of aliphatic hydroxyl groups is 1. The largest absolute Gasteiger partial charge is 0.467 e. The zero-order valence-corrected chi connectivity index (χ0v) is 22.3. The summed E-state index contributed by atoms with van der Waals surface area (Å²) in [5, 5.41) is 16.0. The Morgan fingerprint density at radius 1 is 0.846 bits per heavy atom. The molecule has 2 amide bonds. The number of nitrogens with one attached hydrogen (secondary N) is 2. The van der Waals surface area contributed by atoms with Crippen molar-refractivity contribution in [2.24, 2.45) is 5.92 Å². The summed E-state index contributed by atoms with van der Waals surface area (Å²) in [5.74, 6) is -1.50. The van der Waals surface area contributed by atoms with Gasteiger partial charge in [0.2, 0.25) is 5.91 Å². The van der Waals surface area contributed by atoms with Crippen LogP contribution in [0, 0.1) is 5.92 Å². The van der Waals surface area contributed by atoms with E-state index in [2.05, 4.69) is 22.8 Å². The van der Waals surface area contributed by atoms with Crippen molar-refractivity contribution in [3.63, 3.8) is 0 Å². The molecule has 0 bridgehead atoms. The number of aliphatic hydroxyl groups excluding tert-OH is 1. The van der Waals surface area contributed by atoms with Crippen LogP contribution < -0.4 is 10.6 Å². The number of carbonyl (C=O) groups excluding carboxylic acids is 3. The predicted octanol–water partition coefficient (Wildman–Crippen LogP) is 4.33. The van der Waals surface area contributed by atoms with Gasteiger partial charge in [-0.25, -0.2) is 9.59 Å². The fraction of sp³-hybridized carbons (Fsp3) is 0.323. The average molecular weight is 531 g/mol. The minimum atomic E-state index is -1.36. The Labute approximate surface area is 228 Å². The molecule has 0 aromatic heterocycles. The van der Waals surface area contributed by atoms with E-state index < -0.39 is 36.2 Å². The van der Waals surface area contributed by atoms with E-state index in [0.29, 0.717) is 12.0 Å². The number of ether oxygens (including phenoxy) is 2. The highest BCUT2D eigenvalue weighted by atomic mass is 16.5. The maximum Gasteiger partial charge on any atom is 0.407 e. The van der Waals surface area contributed by atoms with E-state index in [1.807, 2.05) is 50.2 Å². The van der Waals surface area contributed by atoms with Crippen LogP contribution in [0.3, 0.4) is 0 Å². The van der Waals surface area contributed by atoms with Crippen LogP contribution in [0.5, 0.6) is 0 Å². The molecule has 1 aliphatic carbocycles. The van der Waals surface area contributed by atoms with Crippen molar-refractivity contribution < 1.29 is 29.0 Å².